The molecule has 3 rings (SSSR count). The molecule has 0 unspecified atom stereocenters. The van der Waals surface area contributed by atoms with E-state index in [2.05, 4.69) is 33.7 Å². The predicted molar refractivity (Wildman–Crippen MR) is 77.7 cm³/mol. The standard InChI is InChI=1S/C12H17N5S2/c1-2-15(10-5-6-10)9-17-12(18)16(13-14-17)8-11-4-3-7-19-11/h3-4,7,10H,2,5-6,8-9H2,1H3. The highest BCUT2D eigenvalue weighted by Crippen LogP contribution is 2.26. The minimum absolute atomic E-state index is 0.701. The van der Waals surface area contributed by atoms with E-state index in [1.165, 1.54) is 17.7 Å². The lowest BCUT2D eigenvalue weighted by Gasteiger charge is -2.18. The lowest BCUT2D eigenvalue weighted by molar-refractivity contribution is 0.204. The third-order valence-corrected chi connectivity index (χ3v) is 4.65. The van der Waals surface area contributed by atoms with Crippen LogP contribution in [0.2, 0.25) is 0 Å². The number of thiophene rings is 1. The van der Waals surface area contributed by atoms with Gasteiger partial charge in [0.2, 0.25) is 4.77 Å². The monoisotopic (exact) mass is 295 g/mol. The third-order valence-electron chi connectivity index (χ3n) is 3.37. The summed E-state index contributed by atoms with van der Waals surface area (Å²) in [5.41, 5.74) is 0. The van der Waals surface area contributed by atoms with Gasteiger partial charge >= 0.3 is 0 Å². The van der Waals surface area contributed by atoms with Crippen LogP contribution in [0.3, 0.4) is 0 Å². The van der Waals surface area contributed by atoms with Gasteiger partial charge < -0.3 is 0 Å². The van der Waals surface area contributed by atoms with Crippen LogP contribution >= 0.6 is 23.6 Å². The van der Waals surface area contributed by atoms with Crippen molar-refractivity contribution >= 4 is 23.6 Å². The molecule has 1 aliphatic carbocycles. The summed E-state index contributed by atoms with van der Waals surface area (Å²) < 4.78 is 4.32. The van der Waals surface area contributed by atoms with Gasteiger partial charge in [0.15, 0.2) is 0 Å². The van der Waals surface area contributed by atoms with E-state index in [1.807, 2.05) is 10.7 Å². The van der Waals surface area contributed by atoms with Gasteiger partial charge in [-0.3, -0.25) is 4.90 Å². The number of rotatable bonds is 6. The summed E-state index contributed by atoms with van der Waals surface area (Å²) >= 11 is 7.17. The van der Waals surface area contributed by atoms with Crippen molar-refractivity contribution in [2.24, 2.45) is 0 Å². The molecule has 0 bridgehead atoms. The van der Waals surface area contributed by atoms with Crippen molar-refractivity contribution in [1.29, 1.82) is 0 Å². The smallest absolute Gasteiger partial charge is 0.217 e. The molecule has 2 heterocycles. The first-order valence-corrected chi connectivity index (χ1v) is 7.83. The maximum absolute atomic E-state index is 5.45. The summed E-state index contributed by atoms with van der Waals surface area (Å²) in [6.45, 7) is 4.68. The molecule has 0 radical (unpaired) electrons. The van der Waals surface area contributed by atoms with Crippen molar-refractivity contribution in [3.63, 3.8) is 0 Å². The Morgan fingerprint density at radius 1 is 1.42 bits per heavy atom. The van der Waals surface area contributed by atoms with Crippen molar-refractivity contribution in [3.05, 3.63) is 27.2 Å². The van der Waals surface area contributed by atoms with E-state index in [-0.39, 0.29) is 0 Å². The minimum atomic E-state index is 0.701. The molecule has 0 atom stereocenters. The normalized spacial score (nSPS) is 15.3. The van der Waals surface area contributed by atoms with Gasteiger partial charge in [0.25, 0.3) is 0 Å². The van der Waals surface area contributed by atoms with Crippen LogP contribution in [0.1, 0.15) is 24.6 Å². The molecule has 19 heavy (non-hydrogen) atoms. The van der Waals surface area contributed by atoms with Crippen LogP contribution in [0.15, 0.2) is 17.5 Å². The molecule has 0 saturated heterocycles. The Morgan fingerprint density at radius 3 is 2.84 bits per heavy atom. The van der Waals surface area contributed by atoms with Crippen molar-refractivity contribution in [2.75, 3.05) is 6.54 Å². The van der Waals surface area contributed by atoms with Crippen LogP contribution in [0.25, 0.3) is 0 Å². The summed E-state index contributed by atoms with van der Waals surface area (Å²) in [5, 5.41) is 10.4. The zero-order valence-corrected chi connectivity index (χ0v) is 12.5. The molecule has 1 saturated carbocycles. The molecule has 2 aromatic rings. The highest BCUT2D eigenvalue weighted by Gasteiger charge is 2.28. The van der Waals surface area contributed by atoms with E-state index < -0.39 is 0 Å². The molecule has 5 nitrogen and oxygen atoms in total. The van der Waals surface area contributed by atoms with E-state index in [0.29, 0.717) is 17.4 Å². The summed E-state index contributed by atoms with van der Waals surface area (Å²) in [6.07, 6.45) is 2.59. The molecule has 1 aliphatic rings. The average Bonchev–Trinajstić information content (AvgIpc) is 3.03. The maximum Gasteiger partial charge on any atom is 0.217 e. The predicted octanol–water partition coefficient (Wildman–Crippen LogP) is 2.36. The van der Waals surface area contributed by atoms with Crippen LogP contribution in [-0.2, 0) is 13.2 Å². The van der Waals surface area contributed by atoms with Crippen molar-refractivity contribution in [2.45, 2.75) is 39.0 Å². The molecule has 0 amide bonds. The minimum Gasteiger partial charge on any atom is -0.282 e. The topological polar surface area (TPSA) is 38.9 Å². The average molecular weight is 295 g/mol. The highest BCUT2D eigenvalue weighted by atomic mass is 32.1. The van der Waals surface area contributed by atoms with E-state index in [0.717, 1.165) is 13.2 Å². The fraction of sp³-hybridized carbons (Fsp3) is 0.583. The van der Waals surface area contributed by atoms with Crippen molar-refractivity contribution < 1.29 is 0 Å². The lowest BCUT2D eigenvalue weighted by Crippen LogP contribution is -2.29. The van der Waals surface area contributed by atoms with Gasteiger partial charge in [-0.25, -0.2) is 9.36 Å². The molecule has 0 aliphatic heterocycles. The SMILES string of the molecule is CCN(Cn1nnn(Cc2cccs2)c1=S)C1CC1. The van der Waals surface area contributed by atoms with Gasteiger partial charge in [-0.15, -0.1) is 11.3 Å². The summed E-state index contributed by atoms with van der Waals surface area (Å²) in [4.78, 5) is 3.65. The van der Waals surface area contributed by atoms with Crippen LogP contribution in [0.4, 0.5) is 0 Å². The Hall–Kier alpha value is -1.05. The Labute approximate surface area is 121 Å². The molecular formula is C12H17N5S2. The molecular weight excluding hydrogens is 278 g/mol. The second-order valence-electron chi connectivity index (χ2n) is 4.78. The van der Waals surface area contributed by atoms with Gasteiger partial charge in [0.1, 0.15) is 0 Å². The second-order valence-corrected chi connectivity index (χ2v) is 6.17. The van der Waals surface area contributed by atoms with E-state index >= 15 is 0 Å². The number of tetrazole rings is 1. The van der Waals surface area contributed by atoms with Crippen LogP contribution in [-0.4, -0.2) is 37.3 Å². The first-order valence-electron chi connectivity index (χ1n) is 6.55. The number of nitrogens with zero attached hydrogens (tertiary/aromatic N) is 5. The molecule has 102 valence electrons. The van der Waals surface area contributed by atoms with Crippen LogP contribution in [0.5, 0.6) is 0 Å². The van der Waals surface area contributed by atoms with Gasteiger partial charge in [-0.1, -0.05) is 13.0 Å². The Kier molecular flexibility index (Phi) is 3.76. The molecule has 0 spiro atoms. The van der Waals surface area contributed by atoms with Crippen LogP contribution in [0, 0.1) is 4.77 Å². The molecule has 0 N–H and O–H groups in total. The van der Waals surface area contributed by atoms with Gasteiger partial charge in [-0.2, -0.15) is 0 Å². The van der Waals surface area contributed by atoms with E-state index in [1.54, 1.807) is 16.0 Å². The van der Waals surface area contributed by atoms with Gasteiger partial charge in [0, 0.05) is 10.9 Å². The largest absolute Gasteiger partial charge is 0.282 e. The zero-order chi connectivity index (χ0) is 13.2. The lowest BCUT2D eigenvalue weighted by atomic mass is 10.5. The maximum atomic E-state index is 5.45. The summed E-state index contributed by atoms with van der Waals surface area (Å²) in [6, 6.07) is 4.85. The molecule has 0 aromatic carbocycles. The number of aromatic nitrogens is 4. The Bertz CT molecular complexity index is 582. The second kappa shape index (κ2) is 5.52. The Morgan fingerprint density at radius 2 is 2.21 bits per heavy atom. The molecule has 2 aromatic heterocycles. The summed E-state index contributed by atoms with van der Waals surface area (Å²) in [7, 11) is 0. The number of hydrogen-bond donors (Lipinski definition) is 0. The van der Waals surface area contributed by atoms with E-state index in [4.69, 9.17) is 12.2 Å². The Balaban J connectivity index is 1.73. The zero-order valence-electron chi connectivity index (χ0n) is 10.9. The van der Waals surface area contributed by atoms with Crippen molar-refractivity contribution in [1.82, 2.24) is 24.7 Å². The first-order chi connectivity index (χ1) is 9.28. The highest BCUT2D eigenvalue weighted by molar-refractivity contribution is 7.71. The van der Waals surface area contributed by atoms with E-state index in [9.17, 15) is 0 Å². The molecule has 1 fully saturated rings. The van der Waals surface area contributed by atoms with Gasteiger partial charge in [0.05, 0.1) is 13.2 Å². The number of hydrogen-bond acceptors (Lipinski definition) is 5. The molecule has 7 heteroatoms. The fourth-order valence-electron chi connectivity index (χ4n) is 2.13. The first kappa shape index (κ1) is 13.0. The third kappa shape index (κ3) is 2.93. The quantitative estimate of drug-likeness (QED) is 0.767. The summed E-state index contributed by atoms with van der Waals surface area (Å²) in [5.74, 6) is 0. The van der Waals surface area contributed by atoms with Crippen LogP contribution < -0.4 is 0 Å². The fourth-order valence-corrected chi connectivity index (χ4v) is 3.01. The van der Waals surface area contributed by atoms with Crippen molar-refractivity contribution in [3.8, 4) is 0 Å². The van der Waals surface area contributed by atoms with Gasteiger partial charge in [-0.05, 0) is 53.5 Å².